The van der Waals surface area contributed by atoms with Crippen molar-refractivity contribution in [1.29, 1.82) is 0 Å². The first-order chi connectivity index (χ1) is 5.15. The number of halogens is 3. The Bertz CT molecular complexity index is 271. The Hall–Kier alpha value is -0.440. The Morgan fingerprint density at radius 2 is 1.82 bits per heavy atom. The van der Waals surface area contributed by atoms with Crippen molar-refractivity contribution in [2.45, 2.75) is 6.42 Å². The van der Waals surface area contributed by atoms with E-state index >= 15 is 0 Å². The molecule has 0 N–H and O–H groups in total. The van der Waals surface area contributed by atoms with Crippen LogP contribution in [0.15, 0.2) is 16.6 Å². The van der Waals surface area contributed by atoms with E-state index in [-0.39, 0.29) is 0 Å². The van der Waals surface area contributed by atoms with E-state index in [9.17, 15) is 8.78 Å². The summed E-state index contributed by atoms with van der Waals surface area (Å²) in [5.74, 6) is -1.67. The molecule has 0 fully saturated rings. The molecule has 0 spiro atoms. The Morgan fingerprint density at radius 3 is 2.36 bits per heavy atom. The second kappa shape index (κ2) is 3.30. The van der Waals surface area contributed by atoms with Gasteiger partial charge in [0, 0.05) is 4.47 Å². The molecule has 0 nitrogen and oxygen atoms in total. The summed E-state index contributed by atoms with van der Waals surface area (Å²) in [4.78, 5) is 0. The maximum absolute atomic E-state index is 12.5. The molecule has 0 aliphatic heterocycles. The minimum absolute atomic E-state index is 0.442. The van der Waals surface area contributed by atoms with Crippen molar-refractivity contribution in [2.75, 3.05) is 0 Å². The fourth-order valence-corrected chi connectivity index (χ4v) is 1.27. The number of benzene rings is 1. The minimum Gasteiger partial charge on any atom is -0.204 e. The smallest absolute Gasteiger partial charge is 0.159 e. The normalized spacial score (nSPS) is 10.2. The van der Waals surface area contributed by atoms with Gasteiger partial charge < -0.3 is 0 Å². The Kier molecular flexibility index (Phi) is 2.60. The second-order valence-corrected chi connectivity index (χ2v) is 2.96. The van der Waals surface area contributed by atoms with Gasteiger partial charge in [0.1, 0.15) is 0 Å². The largest absolute Gasteiger partial charge is 0.204 e. The van der Waals surface area contributed by atoms with Crippen molar-refractivity contribution in [1.82, 2.24) is 0 Å². The molecule has 0 aromatic heterocycles. The highest BCUT2D eigenvalue weighted by Gasteiger charge is 2.05. The Balaban J connectivity index is 3.21. The van der Waals surface area contributed by atoms with Crippen molar-refractivity contribution >= 4 is 15.9 Å². The van der Waals surface area contributed by atoms with E-state index in [1.54, 1.807) is 0 Å². The third-order valence-electron chi connectivity index (χ3n) is 1.36. The summed E-state index contributed by atoms with van der Waals surface area (Å²) in [5.41, 5.74) is 0.670. The molecule has 3 heteroatoms. The van der Waals surface area contributed by atoms with Gasteiger partial charge in [0.15, 0.2) is 11.6 Å². The first kappa shape index (κ1) is 8.65. The molecule has 0 aliphatic carbocycles. The molecule has 1 rings (SSSR count). The fourth-order valence-electron chi connectivity index (χ4n) is 0.755. The second-order valence-electron chi connectivity index (χ2n) is 2.11. The summed E-state index contributed by atoms with van der Waals surface area (Å²) in [5, 5.41) is 0. The third kappa shape index (κ3) is 1.77. The van der Waals surface area contributed by atoms with Crippen LogP contribution in [0.25, 0.3) is 0 Å². The first-order valence-corrected chi connectivity index (χ1v) is 3.87. The molecule has 59 valence electrons. The van der Waals surface area contributed by atoms with Crippen LogP contribution in [-0.4, -0.2) is 0 Å². The van der Waals surface area contributed by atoms with E-state index in [1.807, 2.05) is 0 Å². The third-order valence-corrected chi connectivity index (χ3v) is 2.10. The summed E-state index contributed by atoms with van der Waals surface area (Å²) in [6.07, 6.45) is 0.442. The molecule has 1 aromatic carbocycles. The van der Waals surface area contributed by atoms with Crippen LogP contribution in [0.3, 0.4) is 0 Å². The molecule has 0 heterocycles. The van der Waals surface area contributed by atoms with Crippen LogP contribution in [-0.2, 0) is 6.42 Å². The van der Waals surface area contributed by atoms with Crippen LogP contribution in [0.2, 0.25) is 0 Å². The van der Waals surface area contributed by atoms with E-state index < -0.39 is 11.6 Å². The number of hydrogen-bond donors (Lipinski definition) is 0. The molecular weight excluding hydrogens is 214 g/mol. The van der Waals surface area contributed by atoms with Crippen molar-refractivity contribution in [3.8, 4) is 0 Å². The zero-order valence-corrected chi connectivity index (χ0v) is 7.29. The standard InChI is InChI=1S/C8H6BrF2/c1-2-5-3-7(10)8(11)4-6(5)9/h3-4H,1-2H2. The molecular formula is C8H6BrF2. The summed E-state index contributed by atoms with van der Waals surface area (Å²) in [7, 11) is 0. The zero-order chi connectivity index (χ0) is 8.43. The van der Waals surface area contributed by atoms with Crippen LogP contribution in [0.1, 0.15) is 5.56 Å². The van der Waals surface area contributed by atoms with E-state index in [1.165, 1.54) is 0 Å². The van der Waals surface area contributed by atoms with Crippen molar-refractivity contribution < 1.29 is 8.78 Å². The van der Waals surface area contributed by atoms with Crippen molar-refractivity contribution in [3.63, 3.8) is 0 Å². The lowest BCUT2D eigenvalue weighted by Crippen LogP contribution is -1.89. The van der Waals surface area contributed by atoms with Crippen LogP contribution in [0.5, 0.6) is 0 Å². The van der Waals surface area contributed by atoms with Crippen LogP contribution >= 0.6 is 15.9 Å². The average Bonchev–Trinajstić information content (AvgIpc) is 1.97. The summed E-state index contributed by atoms with van der Waals surface area (Å²) >= 11 is 3.09. The molecule has 11 heavy (non-hydrogen) atoms. The first-order valence-electron chi connectivity index (χ1n) is 3.08. The molecule has 1 aromatic rings. The van der Waals surface area contributed by atoms with E-state index in [0.717, 1.165) is 12.1 Å². The SMILES string of the molecule is [CH2]Cc1cc(F)c(F)cc1Br. The van der Waals surface area contributed by atoms with Gasteiger partial charge in [-0.25, -0.2) is 8.78 Å². The van der Waals surface area contributed by atoms with E-state index in [0.29, 0.717) is 16.5 Å². The minimum atomic E-state index is -0.839. The molecule has 0 atom stereocenters. The molecule has 0 aliphatic rings. The lowest BCUT2D eigenvalue weighted by molar-refractivity contribution is 0.506. The molecule has 0 saturated heterocycles. The molecule has 0 bridgehead atoms. The molecule has 0 saturated carbocycles. The topological polar surface area (TPSA) is 0 Å². The highest BCUT2D eigenvalue weighted by Crippen LogP contribution is 2.20. The van der Waals surface area contributed by atoms with Crippen LogP contribution in [0.4, 0.5) is 8.78 Å². The predicted molar refractivity (Wildman–Crippen MR) is 43.1 cm³/mol. The number of hydrogen-bond acceptors (Lipinski definition) is 0. The van der Waals surface area contributed by atoms with Crippen LogP contribution in [0, 0.1) is 18.6 Å². The highest BCUT2D eigenvalue weighted by atomic mass is 79.9. The number of rotatable bonds is 1. The quantitative estimate of drug-likeness (QED) is 0.638. The van der Waals surface area contributed by atoms with Gasteiger partial charge in [0.25, 0.3) is 0 Å². The van der Waals surface area contributed by atoms with Gasteiger partial charge in [-0.1, -0.05) is 15.9 Å². The van der Waals surface area contributed by atoms with Crippen molar-refractivity contribution in [2.24, 2.45) is 0 Å². The van der Waals surface area contributed by atoms with Gasteiger partial charge >= 0.3 is 0 Å². The Morgan fingerprint density at radius 1 is 1.27 bits per heavy atom. The van der Waals surface area contributed by atoms with E-state index in [4.69, 9.17) is 0 Å². The summed E-state index contributed by atoms with van der Waals surface area (Å²) in [6.45, 7) is 3.57. The lowest BCUT2D eigenvalue weighted by atomic mass is 10.2. The van der Waals surface area contributed by atoms with E-state index in [2.05, 4.69) is 22.9 Å². The predicted octanol–water partition coefficient (Wildman–Crippen LogP) is 3.10. The maximum Gasteiger partial charge on any atom is 0.159 e. The Labute approximate surface area is 72.4 Å². The molecule has 1 radical (unpaired) electrons. The van der Waals surface area contributed by atoms with Gasteiger partial charge in [-0.3, -0.25) is 0 Å². The molecule has 0 unspecified atom stereocenters. The highest BCUT2D eigenvalue weighted by molar-refractivity contribution is 9.10. The lowest BCUT2D eigenvalue weighted by Gasteiger charge is -2.00. The van der Waals surface area contributed by atoms with Crippen LogP contribution < -0.4 is 0 Å². The van der Waals surface area contributed by atoms with Crippen molar-refractivity contribution in [3.05, 3.63) is 40.7 Å². The van der Waals surface area contributed by atoms with Gasteiger partial charge in [0.05, 0.1) is 0 Å². The monoisotopic (exact) mass is 219 g/mol. The van der Waals surface area contributed by atoms with Gasteiger partial charge in [-0.05, 0) is 31.0 Å². The summed E-state index contributed by atoms with van der Waals surface area (Å²) in [6, 6.07) is 2.25. The van der Waals surface area contributed by atoms with Gasteiger partial charge in [-0.15, -0.1) is 0 Å². The summed E-state index contributed by atoms with van der Waals surface area (Å²) < 4.78 is 25.6. The zero-order valence-electron chi connectivity index (χ0n) is 5.70. The van der Waals surface area contributed by atoms with Gasteiger partial charge in [-0.2, -0.15) is 0 Å². The average molecular weight is 220 g/mol. The molecule has 0 amide bonds. The fraction of sp³-hybridized carbons (Fsp3) is 0.125. The van der Waals surface area contributed by atoms with Gasteiger partial charge in [0.2, 0.25) is 0 Å². The maximum atomic E-state index is 12.5.